The minimum absolute atomic E-state index is 0.0122. The summed E-state index contributed by atoms with van der Waals surface area (Å²) in [5.74, 6) is 0.586. The van der Waals surface area contributed by atoms with Crippen LogP contribution in [0, 0.1) is 0 Å². The molecular weight excluding hydrogens is 332 g/mol. The summed E-state index contributed by atoms with van der Waals surface area (Å²) in [6.45, 7) is 6.14. The summed E-state index contributed by atoms with van der Waals surface area (Å²) in [7, 11) is 0. The van der Waals surface area contributed by atoms with Crippen molar-refractivity contribution in [2.45, 2.75) is 50.5 Å². The molecule has 1 N–H and O–H groups in total. The zero-order valence-corrected chi connectivity index (χ0v) is 15.6. The Hall–Kier alpha value is -1.95. The molecule has 2 fully saturated rings. The molecule has 1 spiro atoms. The number of nitrogens with zero attached hydrogens (tertiary/aromatic N) is 3. The number of aromatic nitrogens is 2. The molecule has 2 saturated heterocycles. The van der Waals surface area contributed by atoms with Gasteiger partial charge in [-0.05, 0) is 24.8 Å². The molecule has 0 saturated carbocycles. The third-order valence-corrected chi connectivity index (χ3v) is 6.70. The summed E-state index contributed by atoms with van der Waals surface area (Å²) in [5.41, 5.74) is 1.07. The fraction of sp³-hybridized carbons (Fsp3) is 0.526. The van der Waals surface area contributed by atoms with Crippen molar-refractivity contribution in [3.63, 3.8) is 0 Å². The highest BCUT2D eigenvalue weighted by molar-refractivity contribution is 7.15. The van der Waals surface area contributed by atoms with Crippen molar-refractivity contribution in [1.82, 2.24) is 15.5 Å². The van der Waals surface area contributed by atoms with Gasteiger partial charge >= 0.3 is 0 Å². The van der Waals surface area contributed by atoms with Gasteiger partial charge in [-0.25, -0.2) is 0 Å². The number of carbonyl (C=O) groups excluding carboxylic acids is 1. The van der Waals surface area contributed by atoms with Gasteiger partial charge in [0.05, 0.1) is 5.92 Å². The van der Waals surface area contributed by atoms with Gasteiger partial charge in [-0.1, -0.05) is 55.5 Å². The van der Waals surface area contributed by atoms with Crippen LogP contribution in [0.1, 0.15) is 55.5 Å². The van der Waals surface area contributed by atoms with Crippen LogP contribution in [0.5, 0.6) is 0 Å². The van der Waals surface area contributed by atoms with Gasteiger partial charge in [0, 0.05) is 24.5 Å². The number of piperidine rings is 1. The molecule has 1 amide bonds. The van der Waals surface area contributed by atoms with Crippen molar-refractivity contribution in [3.05, 3.63) is 40.9 Å². The first-order valence-electron chi connectivity index (χ1n) is 9.02. The average molecular weight is 356 g/mol. The third kappa shape index (κ3) is 3.15. The molecule has 25 heavy (non-hydrogen) atoms. The van der Waals surface area contributed by atoms with Gasteiger partial charge in [0.15, 0.2) is 0 Å². The van der Waals surface area contributed by atoms with E-state index in [1.165, 1.54) is 0 Å². The van der Waals surface area contributed by atoms with E-state index in [1.807, 2.05) is 18.2 Å². The summed E-state index contributed by atoms with van der Waals surface area (Å²) >= 11 is 1.69. The van der Waals surface area contributed by atoms with Gasteiger partial charge < -0.3 is 10.2 Å². The van der Waals surface area contributed by atoms with Crippen LogP contribution in [0.15, 0.2) is 30.3 Å². The molecule has 1 atom stereocenters. The number of benzene rings is 1. The Morgan fingerprint density at radius 1 is 1.20 bits per heavy atom. The lowest BCUT2D eigenvalue weighted by Gasteiger charge is -2.39. The van der Waals surface area contributed by atoms with Crippen LogP contribution in [-0.2, 0) is 4.79 Å². The van der Waals surface area contributed by atoms with Crippen molar-refractivity contribution < 1.29 is 4.79 Å². The van der Waals surface area contributed by atoms with Crippen LogP contribution in [0.25, 0.3) is 0 Å². The van der Waals surface area contributed by atoms with Crippen LogP contribution >= 0.6 is 11.3 Å². The molecule has 0 radical (unpaired) electrons. The van der Waals surface area contributed by atoms with E-state index in [1.54, 1.807) is 11.3 Å². The lowest BCUT2D eigenvalue weighted by molar-refractivity contribution is -0.121. The first-order valence-corrected chi connectivity index (χ1v) is 9.83. The average Bonchev–Trinajstić information content (AvgIpc) is 3.22. The maximum Gasteiger partial charge on any atom is 0.228 e. The number of nitrogens with one attached hydrogen (secondary N) is 1. The smallest absolute Gasteiger partial charge is 0.228 e. The number of amides is 1. The molecule has 0 aliphatic carbocycles. The van der Waals surface area contributed by atoms with Crippen LogP contribution in [0.2, 0.25) is 0 Å². The van der Waals surface area contributed by atoms with Gasteiger partial charge in [-0.15, -0.1) is 10.2 Å². The first kappa shape index (κ1) is 16.5. The van der Waals surface area contributed by atoms with Crippen LogP contribution in [0.4, 0.5) is 5.13 Å². The molecule has 1 aromatic heterocycles. The second-order valence-electron chi connectivity index (χ2n) is 7.50. The first-order chi connectivity index (χ1) is 12.1. The van der Waals surface area contributed by atoms with E-state index in [9.17, 15) is 4.79 Å². The number of hydrogen-bond donors (Lipinski definition) is 1. The van der Waals surface area contributed by atoms with Crippen molar-refractivity contribution in [2.75, 3.05) is 18.0 Å². The van der Waals surface area contributed by atoms with Crippen LogP contribution < -0.4 is 10.2 Å². The highest BCUT2D eigenvalue weighted by Crippen LogP contribution is 2.40. The molecule has 2 aliphatic heterocycles. The van der Waals surface area contributed by atoms with Crippen LogP contribution in [-0.4, -0.2) is 34.7 Å². The van der Waals surface area contributed by atoms with E-state index < -0.39 is 0 Å². The number of carbonyl (C=O) groups is 1. The van der Waals surface area contributed by atoms with Gasteiger partial charge in [0.2, 0.25) is 11.0 Å². The Morgan fingerprint density at radius 3 is 2.56 bits per heavy atom. The quantitative estimate of drug-likeness (QED) is 0.917. The summed E-state index contributed by atoms with van der Waals surface area (Å²) in [6.07, 6.45) is 2.84. The van der Waals surface area contributed by atoms with Crippen molar-refractivity contribution >= 4 is 22.4 Å². The molecule has 1 aromatic carbocycles. The van der Waals surface area contributed by atoms with E-state index >= 15 is 0 Å². The predicted octanol–water partition coefficient (Wildman–Crippen LogP) is 3.30. The maximum absolute atomic E-state index is 12.5. The minimum atomic E-state index is -0.0559. The number of hydrogen-bond acceptors (Lipinski definition) is 5. The Bertz CT molecular complexity index is 750. The Morgan fingerprint density at radius 2 is 1.92 bits per heavy atom. The van der Waals surface area contributed by atoms with E-state index in [-0.39, 0.29) is 17.4 Å². The van der Waals surface area contributed by atoms with Gasteiger partial charge in [-0.3, -0.25) is 4.79 Å². The Balaban J connectivity index is 1.43. The van der Waals surface area contributed by atoms with Crippen molar-refractivity contribution in [3.8, 4) is 0 Å². The maximum atomic E-state index is 12.5. The lowest BCUT2D eigenvalue weighted by atomic mass is 9.82. The molecule has 6 heteroatoms. The highest BCUT2D eigenvalue weighted by Gasteiger charge is 2.46. The Kier molecular flexibility index (Phi) is 4.23. The van der Waals surface area contributed by atoms with E-state index in [4.69, 9.17) is 0 Å². The number of anilines is 1. The molecule has 2 aromatic rings. The standard InChI is InChI=1S/C19H24N4OS/c1-13(2)17-21-22-18(25-17)23-10-8-19(9-11-23)12-15(16(24)20-19)14-6-4-3-5-7-14/h3-7,13,15H,8-12H2,1-2H3,(H,20,24)/t15-/m0/s1. The fourth-order valence-corrected chi connectivity index (χ4v) is 4.78. The highest BCUT2D eigenvalue weighted by atomic mass is 32.1. The molecule has 5 nitrogen and oxygen atoms in total. The zero-order chi connectivity index (χ0) is 17.4. The zero-order valence-electron chi connectivity index (χ0n) is 14.7. The molecule has 0 unspecified atom stereocenters. The molecule has 3 heterocycles. The second-order valence-corrected chi connectivity index (χ2v) is 8.49. The fourth-order valence-electron chi connectivity index (χ4n) is 3.88. The second kappa shape index (κ2) is 6.41. The largest absolute Gasteiger partial charge is 0.350 e. The molecule has 2 aliphatic rings. The summed E-state index contributed by atoms with van der Waals surface area (Å²) in [5, 5.41) is 14.1. The van der Waals surface area contributed by atoms with E-state index in [0.717, 1.165) is 48.1 Å². The molecule has 0 bridgehead atoms. The number of rotatable bonds is 3. The summed E-state index contributed by atoms with van der Waals surface area (Å²) in [6, 6.07) is 10.1. The molecular formula is C19H24N4OS. The van der Waals surface area contributed by atoms with E-state index in [2.05, 4.69) is 46.4 Å². The van der Waals surface area contributed by atoms with Gasteiger partial charge in [0.25, 0.3) is 0 Å². The normalized spacial score (nSPS) is 22.6. The predicted molar refractivity (Wildman–Crippen MR) is 100 cm³/mol. The minimum Gasteiger partial charge on any atom is -0.350 e. The third-order valence-electron chi connectivity index (χ3n) is 5.42. The summed E-state index contributed by atoms with van der Waals surface area (Å²) < 4.78 is 0. The van der Waals surface area contributed by atoms with E-state index in [0.29, 0.717) is 5.92 Å². The van der Waals surface area contributed by atoms with Crippen LogP contribution in [0.3, 0.4) is 0 Å². The van der Waals surface area contributed by atoms with Gasteiger partial charge in [-0.2, -0.15) is 0 Å². The topological polar surface area (TPSA) is 58.1 Å². The van der Waals surface area contributed by atoms with Gasteiger partial charge in [0.1, 0.15) is 5.01 Å². The van der Waals surface area contributed by atoms with Crippen molar-refractivity contribution in [1.29, 1.82) is 0 Å². The van der Waals surface area contributed by atoms with Crippen molar-refractivity contribution in [2.24, 2.45) is 0 Å². The molecule has 132 valence electrons. The molecule has 4 rings (SSSR count). The lowest BCUT2D eigenvalue weighted by Crippen LogP contribution is -2.51. The SMILES string of the molecule is CC(C)c1nnc(N2CCC3(CC2)C[C@@H](c2ccccc2)C(=O)N3)s1. The monoisotopic (exact) mass is 356 g/mol. The summed E-state index contributed by atoms with van der Waals surface area (Å²) in [4.78, 5) is 14.8. The Labute approximate surface area is 152 Å².